The van der Waals surface area contributed by atoms with Crippen LogP contribution in [0.3, 0.4) is 0 Å². The summed E-state index contributed by atoms with van der Waals surface area (Å²) in [4.78, 5) is 0. The number of aromatic nitrogens is 2. The van der Waals surface area contributed by atoms with Crippen LogP contribution in [0, 0.1) is 3.57 Å². The van der Waals surface area contributed by atoms with E-state index in [0.717, 1.165) is 14.9 Å². The Hall–Kier alpha value is -1.54. The summed E-state index contributed by atoms with van der Waals surface area (Å²) < 4.78 is 5.79. The Labute approximate surface area is 127 Å². The van der Waals surface area contributed by atoms with E-state index < -0.39 is 0 Å². The van der Waals surface area contributed by atoms with Gasteiger partial charge in [-0.1, -0.05) is 11.6 Å². The lowest BCUT2D eigenvalue weighted by Crippen LogP contribution is -1.95. The molecule has 0 unspecified atom stereocenters. The van der Waals surface area contributed by atoms with Gasteiger partial charge in [-0.25, -0.2) is 4.63 Å². The first-order valence-corrected chi connectivity index (χ1v) is 6.83. The molecule has 0 fully saturated rings. The van der Waals surface area contributed by atoms with Crippen LogP contribution in [-0.2, 0) is 0 Å². The molecule has 5 nitrogen and oxygen atoms in total. The smallest absolute Gasteiger partial charge is 0.160 e. The topological polar surface area (TPSA) is 77.0 Å². The van der Waals surface area contributed by atoms with Crippen LogP contribution in [0.2, 0.25) is 5.02 Å². The minimum atomic E-state index is 0.524. The zero-order valence-corrected chi connectivity index (χ0v) is 12.4. The van der Waals surface area contributed by atoms with E-state index >= 15 is 0 Å². The average molecular weight is 387 g/mol. The Morgan fingerprint density at radius 1 is 1.11 bits per heavy atom. The maximum absolute atomic E-state index is 6.18. The molecule has 19 heavy (non-hydrogen) atoms. The van der Waals surface area contributed by atoms with Crippen molar-refractivity contribution in [1.29, 1.82) is 0 Å². The molecule has 0 saturated carbocycles. The van der Waals surface area contributed by atoms with E-state index in [0.29, 0.717) is 21.7 Å². The van der Waals surface area contributed by atoms with E-state index in [4.69, 9.17) is 22.0 Å². The van der Waals surface area contributed by atoms with Gasteiger partial charge in [0.2, 0.25) is 0 Å². The minimum absolute atomic E-state index is 0.524. The number of hydrogen-bond donors (Lipinski definition) is 2. The van der Waals surface area contributed by atoms with Gasteiger partial charge in [-0.15, -0.1) is 0 Å². The van der Waals surface area contributed by atoms with Gasteiger partial charge >= 0.3 is 0 Å². The summed E-state index contributed by atoms with van der Waals surface area (Å²) in [5.74, 6) is 0. The fourth-order valence-corrected chi connectivity index (χ4v) is 2.63. The van der Waals surface area contributed by atoms with Crippen LogP contribution in [0.1, 0.15) is 0 Å². The maximum atomic E-state index is 6.18. The first-order valence-electron chi connectivity index (χ1n) is 5.38. The fraction of sp³-hybridized carbons (Fsp3) is 0. The molecule has 0 radical (unpaired) electrons. The van der Waals surface area contributed by atoms with Crippen LogP contribution >= 0.6 is 34.2 Å². The number of nitrogens with one attached hydrogen (secondary N) is 1. The SMILES string of the molecule is Nc1ccc(Nc2ccc(I)cc2Cl)c2nonc12. The lowest BCUT2D eigenvalue weighted by Gasteiger charge is -2.09. The van der Waals surface area contributed by atoms with E-state index in [1.54, 1.807) is 6.07 Å². The molecule has 1 aromatic heterocycles. The van der Waals surface area contributed by atoms with Gasteiger partial charge in [-0.05, 0) is 63.2 Å². The Morgan fingerprint density at radius 3 is 2.63 bits per heavy atom. The van der Waals surface area contributed by atoms with E-state index in [9.17, 15) is 0 Å². The summed E-state index contributed by atoms with van der Waals surface area (Å²) in [7, 11) is 0. The molecule has 3 N–H and O–H groups in total. The molecule has 0 aliphatic heterocycles. The zero-order chi connectivity index (χ0) is 13.4. The molecule has 0 atom stereocenters. The van der Waals surface area contributed by atoms with Crippen LogP contribution in [0.25, 0.3) is 11.0 Å². The maximum Gasteiger partial charge on any atom is 0.160 e. The Balaban J connectivity index is 2.06. The van der Waals surface area contributed by atoms with Gasteiger partial charge in [0.15, 0.2) is 11.0 Å². The number of rotatable bonds is 2. The van der Waals surface area contributed by atoms with E-state index in [2.05, 4.69) is 38.2 Å². The first-order chi connectivity index (χ1) is 9.15. The summed E-state index contributed by atoms with van der Waals surface area (Å²) in [5.41, 5.74) is 8.96. The molecule has 7 heteroatoms. The van der Waals surface area contributed by atoms with Crippen molar-refractivity contribution in [2.24, 2.45) is 0 Å². The quantitative estimate of drug-likeness (QED) is 0.517. The number of hydrogen-bond acceptors (Lipinski definition) is 5. The summed E-state index contributed by atoms with van der Waals surface area (Å²) in [6.07, 6.45) is 0. The van der Waals surface area contributed by atoms with Crippen molar-refractivity contribution in [1.82, 2.24) is 10.3 Å². The van der Waals surface area contributed by atoms with Gasteiger partial charge in [-0.3, -0.25) is 0 Å². The molecule has 0 aliphatic carbocycles. The number of benzene rings is 2. The standard InChI is InChI=1S/C12H8ClIN4O/c13-7-5-6(14)1-3-9(7)16-10-4-2-8(15)11-12(10)18-19-17-11/h1-5,16H,15H2. The van der Waals surface area contributed by atoms with Crippen LogP contribution in [0.5, 0.6) is 0 Å². The molecule has 0 amide bonds. The number of nitrogen functional groups attached to an aromatic ring is 1. The predicted octanol–water partition coefficient (Wildman–Crippen LogP) is 3.81. The van der Waals surface area contributed by atoms with E-state index in [1.807, 2.05) is 24.3 Å². The second-order valence-electron chi connectivity index (χ2n) is 3.91. The monoisotopic (exact) mass is 386 g/mol. The lowest BCUT2D eigenvalue weighted by atomic mass is 10.2. The van der Waals surface area contributed by atoms with Crippen LogP contribution in [0.15, 0.2) is 35.0 Å². The number of halogens is 2. The molecular weight excluding hydrogens is 379 g/mol. The number of nitrogens with zero attached hydrogens (tertiary/aromatic N) is 2. The van der Waals surface area contributed by atoms with Gasteiger partial charge in [0, 0.05) is 3.57 Å². The third-order valence-corrected chi connectivity index (χ3v) is 3.63. The predicted molar refractivity (Wildman–Crippen MR) is 83.7 cm³/mol. The van der Waals surface area contributed by atoms with Crippen molar-refractivity contribution in [2.45, 2.75) is 0 Å². The minimum Gasteiger partial charge on any atom is -0.397 e. The normalized spacial score (nSPS) is 10.8. The highest BCUT2D eigenvalue weighted by Crippen LogP contribution is 2.31. The van der Waals surface area contributed by atoms with Crippen LogP contribution in [-0.4, -0.2) is 10.3 Å². The molecule has 3 rings (SSSR count). The summed E-state index contributed by atoms with van der Waals surface area (Å²) in [5, 5.41) is 11.5. The molecule has 0 spiro atoms. The number of nitrogens with two attached hydrogens (primary N) is 1. The van der Waals surface area contributed by atoms with Crippen molar-refractivity contribution in [3.05, 3.63) is 38.9 Å². The van der Waals surface area contributed by atoms with Gasteiger partial charge in [0.05, 0.1) is 22.1 Å². The van der Waals surface area contributed by atoms with Crippen molar-refractivity contribution in [3.63, 3.8) is 0 Å². The third kappa shape index (κ3) is 2.33. The molecule has 0 bridgehead atoms. The van der Waals surface area contributed by atoms with Gasteiger partial charge in [-0.2, -0.15) is 0 Å². The van der Waals surface area contributed by atoms with Crippen molar-refractivity contribution < 1.29 is 4.63 Å². The Morgan fingerprint density at radius 2 is 1.84 bits per heavy atom. The Kier molecular flexibility index (Phi) is 3.19. The lowest BCUT2D eigenvalue weighted by molar-refractivity contribution is 0.316. The molecule has 0 aliphatic rings. The highest BCUT2D eigenvalue weighted by Gasteiger charge is 2.11. The fourth-order valence-electron chi connectivity index (χ4n) is 1.72. The van der Waals surface area contributed by atoms with Crippen LogP contribution < -0.4 is 11.1 Å². The van der Waals surface area contributed by atoms with Crippen molar-refractivity contribution >= 4 is 62.3 Å². The number of anilines is 3. The van der Waals surface area contributed by atoms with Crippen LogP contribution in [0.4, 0.5) is 17.1 Å². The highest BCUT2D eigenvalue weighted by molar-refractivity contribution is 14.1. The van der Waals surface area contributed by atoms with Gasteiger partial charge in [0.25, 0.3) is 0 Å². The van der Waals surface area contributed by atoms with Gasteiger partial charge < -0.3 is 11.1 Å². The second kappa shape index (κ2) is 4.86. The van der Waals surface area contributed by atoms with Crippen molar-refractivity contribution in [3.8, 4) is 0 Å². The summed E-state index contributed by atoms with van der Waals surface area (Å²) in [6.45, 7) is 0. The second-order valence-corrected chi connectivity index (χ2v) is 5.57. The summed E-state index contributed by atoms with van der Waals surface area (Å²) >= 11 is 8.39. The molecule has 96 valence electrons. The third-order valence-electron chi connectivity index (χ3n) is 2.65. The molecule has 2 aromatic carbocycles. The molecular formula is C12H8ClIN4O. The zero-order valence-electron chi connectivity index (χ0n) is 9.52. The largest absolute Gasteiger partial charge is 0.397 e. The van der Waals surface area contributed by atoms with Crippen molar-refractivity contribution in [2.75, 3.05) is 11.1 Å². The average Bonchev–Trinajstić information content (AvgIpc) is 2.86. The number of fused-ring (bicyclic) bond motifs is 1. The van der Waals surface area contributed by atoms with E-state index in [-0.39, 0.29) is 0 Å². The summed E-state index contributed by atoms with van der Waals surface area (Å²) in [6, 6.07) is 9.30. The molecule has 3 aromatic rings. The first kappa shape index (κ1) is 12.5. The Bertz CT molecular complexity index is 759. The highest BCUT2D eigenvalue weighted by atomic mass is 127. The van der Waals surface area contributed by atoms with E-state index in [1.165, 1.54) is 0 Å². The molecule has 1 heterocycles. The molecule has 0 saturated heterocycles. The van der Waals surface area contributed by atoms with Gasteiger partial charge in [0.1, 0.15) is 0 Å².